The molecule has 2 atom stereocenters. The Morgan fingerprint density at radius 1 is 1.25 bits per heavy atom. The van der Waals surface area contributed by atoms with E-state index in [0.29, 0.717) is 6.04 Å². The van der Waals surface area contributed by atoms with E-state index in [4.69, 9.17) is 0 Å². The van der Waals surface area contributed by atoms with E-state index in [1.165, 1.54) is 25.7 Å². The van der Waals surface area contributed by atoms with Gasteiger partial charge in [-0.3, -0.25) is 4.79 Å². The van der Waals surface area contributed by atoms with Gasteiger partial charge in [0.1, 0.15) is 0 Å². The number of piperidine rings is 1. The summed E-state index contributed by atoms with van der Waals surface area (Å²) >= 11 is 0. The van der Waals surface area contributed by atoms with E-state index in [0.717, 1.165) is 31.8 Å². The number of amides is 1. The van der Waals surface area contributed by atoms with Crippen molar-refractivity contribution in [3.05, 3.63) is 0 Å². The number of rotatable bonds is 3. The first-order chi connectivity index (χ1) is 7.77. The van der Waals surface area contributed by atoms with E-state index in [9.17, 15) is 4.79 Å². The molecule has 2 fully saturated rings. The molecule has 0 radical (unpaired) electrons. The van der Waals surface area contributed by atoms with Gasteiger partial charge >= 0.3 is 0 Å². The third-order valence-electron chi connectivity index (χ3n) is 4.14. The fourth-order valence-corrected chi connectivity index (χ4v) is 2.99. The van der Waals surface area contributed by atoms with Gasteiger partial charge in [0.15, 0.2) is 0 Å². The summed E-state index contributed by atoms with van der Waals surface area (Å²) in [7, 11) is 0. The first-order valence-electron chi connectivity index (χ1n) is 6.78. The largest absolute Gasteiger partial charge is 0.353 e. The zero-order valence-electron chi connectivity index (χ0n) is 10.3. The predicted molar refractivity (Wildman–Crippen MR) is 65.2 cm³/mol. The van der Waals surface area contributed by atoms with Crippen LogP contribution in [0.5, 0.6) is 0 Å². The molecule has 16 heavy (non-hydrogen) atoms. The third kappa shape index (κ3) is 2.97. The Bertz CT molecular complexity index is 230. The molecule has 0 bridgehead atoms. The number of hydrogen-bond acceptors (Lipinski definition) is 2. The second kappa shape index (κ2) is 5.67. The van der Waals surface area contributed by atoms with Gasteiger partial charge in [-0.1, -0.05) is 12.8 Å². The minimum absolute atomic E-state index is 0.206. The molecule has 0 unspecified atom stereocenters. The van der Waals surface area contributed by atoms with E-state index in [1.807, 2.05) is 0 Å². The van der Waals surface area contributed by atoms with Crippen molar-refractivity contribution in [2.75, 3.05) is 13.1 Å². The molecule has 3 nitrogen and oxygen atoms in total. The maximum absolute atomic E-state index is 12.0. The summed E-state index contributed by atoms with van der Waals surface area (Å²) in [5.41, 5.74) is 0. The highest BCUT2D eigenvalue weighted by molar-refractivity contribution is 5.79. The molecule has 92 valence electrons. The van der Waals surface area contributed by atoms with Crippen LogP contribution in [0.1, 0.15) is 45.4 Å². The molecule has 2 N–H and O–H groups in total. The normalized spacial score (nSPS) is 28.9. The van der Waals surface area contributed by atoms with E-state index in [1.54, 1.807) is 0 Å². The van der Waals surface area contributed by atoms with Gasteiger partial charge in [0.25, 0.3) is 0 Å². The lowest BCUT2D eigenvalue weighted by molar-refractivity contribution is -0.126. The maximum Gasteiger partial charge on any atom is 0.224 e. The standard InChI is InChI=1S/C13H24N2O/c1-10(11-5-2-3-6-11)15-13(16)12-7-4-8-14-9-12/h10-12,14H,2-9H2,1H3,(H,15,16)/t10-,12+/m1/s1. The van der Waals surface area contributed by atoms with Crippen molar-refractivity contribution in [1.29, 1.82) is 0 Å². The summed E-state index contributed by atoms with van der Waals surface area (Å²) in [6.45, 7) is 4.11. The van der Waals surface area contributed by atoms with Gasteiger partial charge in [0.05, 0.1) is 5.92 Å². The molecule has 2 aliphatic rings. The summed E-state index contributed by atoms with van der Waals surface area (Å²) in [5, 5.41) is 6.51. The fraction of sp³-hybridized carbons (Fsp3) is 0.923. The highest BCUT2D eigenvalue weighted by atomic mass is 16.2. The van der Waals surface area contributed by atoms with Crippen molar-refractivity contribution in [3.8, 4) is 0 Å². The molecule has 1 aliphatic heterocycles. The summed E-state index contributed by atoms with van der Waals surface area (Å²) in [4.78, 5) is 12.0. The lowest BCUT2D eigenvalue weighted by Gasteiger charge is -2.26. The lowest BCUT2D eigenvalue weighted by Crippen LogP contribution is -2.45. The van der Waals surface area contributed by atoms with Crippen molar-refractivity contribution >= 4 is 5.91 Å². The van der Waals surface area contributed by atoms with E-state index in [2.05, 4.69) is 17.6 Å². The van der Waals surface area contributed by atoms with Crippen molar-refractivity contribution in [2.24, 2.45) is 11.8 Å². The third-order valence-corrected chi connectivity index (χ3v) is 4.14. The molecule has 1 saturated heterocycles. The maximum atomic E-state index is 12.0. The fourth-order valence-electron chi connectivity index (χ4n) is 2.99. The van der Waals surface area contributed by atoms with Crippen LogP contribution in [0.15, 0.2) is 0 Å². The van der Waals surface area contributed by atoms with Gasteiger partial charge in [-0.05, 0) is 45.1 Å². The highest BCUT2D eigenvalue weighted by Gasteiger charge is 2.26. The van der Waals surface area contributed by atoms with Gasteiger partial charge < -0.3 is 10.6 Å². The topological polar surface area (TPSA) is 41.1 Å². The monoisotopic (exact) mass is 224 g/mol. The van der Waals surface area contributed by atoms with Crippen molar-refractivity contribution in [2.45, 2.75) is 51.5 Å². The van der Waals surface area contributed by atoms with Crippen LogP contribution < -0.4 is 10.6 Å². The molecule has 0 aromatic carbocycles. The molecule has 0 spiro atoms. The molecule has 1 heterocycles. The van der Waals surface area contributed by atoms with Crippen LogP contribution >= 0.6 is 0 Å². The van der Waals surface area contributed by atoms with Crippen molar-refractivity contribution < 1.29 is 4.79 Å². The molecule has 1 aliphatic carbocycles. The molecule has 2 rings (SSSR count). The Kier molecular flexibility index (Phi) is 4.22. The van der Waals surface area contributed by atoms with Gasteiger partial charge in [0.2, 0.25) is 5.91 Å². The number of carbonyl (C=O) groups is 1. The number of hydrogen-bond donors (Lipinski definition) is 2. The lowest BCUT2D eigenvalue weighted by atomic mass is 9.96. The predicted octanol–water partition coefficient (Wildman–Crippen LogP) is 1.68. The second-order valence-corrected chi connectivity index (χ2v) is 5.39. The van der Waals surface area contributed by atoms with E-state index >= 15 is 0 Å². The first-order valence-corrected chi connectivity index (χ1v) is 6.78. The van der Waals surface area contributed by atoms with Gasteiger partial charge in [-0.2, -0.15) is 0 Å². The molecule has 1 amide bonds. The Hall–Kier alpha value is -0.570. The number of nitrogens with one attached hydrogen (secondary N) is 2. The SMILES string of the molecule is C[C@@H](NC(=O)[C@H]1CCCNC1)C1CCCC1. The summed E-state index contributed by atoms with van der Waals surface area (Å²) in [6.07, 6.45) is 7.46. The van der Waals surface area contributed by atoms with Crippen LogP contribution in [0.4, 0.5) is 0 Å². The highest BCUT2D eigenvalue weighted by Crippen LogP contribution is 2.27. The van der Waals surface area contributed by atoms with Crippen LogP contribution in [0.3, 0.4) is 0 Å². The smallest absolute Gasteiger partial charge is 0.224 e. The molecule has 1 saturated carbocycles. The Morgan fingerprint density at radius 3 is 2.62 bits per heavy atom. The average molecular weight is 224 g/mol. The van der Waals surface area contributed by atoms with Crippen LogP contribution in [0.25, 0.3) is 0 Å². The molecular weight excluding hydrogens is 200 g/mol. The van der Waals surface area contributed by atoms with Crippen LogP contribution in [-0.4, -0.2) is 25.0 Å². The Morgan fingerprint density at radius 2 is 2.00 bits per heavy atom. The van der Waals surface area contributed by atoms with E-state index in [-0.39, 0.29) is 11.8 Å². The summed E-state index contributed by atoms with van der Waals surface area (Å²) in [5.74, 6) is 1.20. The minimum atomic E-state index is 0.206. The average Bonchev–Trinajstić information content (AvgIpc) is 2.83. The van der Waals surface area contributed by atoms with Crippen LogP contribution in [-0.2, 0) is 4.79 Å². The van der Waals surface area contributed by atoms with Crippen LogP contribution in [0.2, 0.25) is 0 Å². The number of carbonyl (C=O) groups excluding carboxylic acids is 1. The van der Waals surface area contributed by atoms with E-state index < -0.39 is 0 Å². The van der Waals surface area contributed by atoms with Gasteiger partial charge in [-0.15, -0.1) is 0 Å². The second-order valence-electron chi connectivity index (χ2n) is 5.39. The summed E-state index contributed by atoms with van der Waals surface area (Å²) < 4.78 is 0. The van der Waals surface area contributed by atoms with Gasteiger partial charge in [-0.25, -0.2) is 0 Å². The zero-order chi connectivity index (χ0) is 11.4. The Labute approximate surface area is 98.4 Å². The molecule has 3 heteroatoms. The summed E-state index contributed by atoms with van der Waals surface area (Å²) in [6, 6.07) is 0.372. The van der Waals surface area contributed by atoms with Crippen molar-refractivity contribution in [1.82, 2.24) is 10.6 Å². The minimum Gasteiger partial charge on any atom is -0.353 e. The molecule has 0 aromatic rings. The molecular formula is C13H24N2O. The van der Waals surface area contributed by atoms with Gasteiger partial charge in [0, 0.05) is 12.6 Å². The van der Waals surface area contributed by atoms with Crippen molar-refractivity contribution in [3.63, 3.8) is 0 Å². The van der Waals surface area contributed by atoms with Crippen LogP contribution in [0, 0.1) is 11.8 Å². The zero-order valence-corrected chi connectivity index (χ0v) is 10.3. The molecule has 0 aromatic heterocycles. The first kappa shape index (κ1) is 11.9. The quantitative estimate of drug-likeness (QED) is 0.766. The Balaban J connectivity index is 1.76.